The topological polar surface area (TPSA) is 95.5 Å². The van der Waals surface area contributed by atoms with Gasteiger partial charge in [-0.05, 0) is 37.0 Å². The summed E-state index contributed by atoms with van der Waals surface area (Å²) in [6.07, 6.45) is 3.00. The van der Waals surface area contributed by atoms with Crippen LogP contribution in [0.15, 0.2) is 24.3 Å². The van der Waals surface area contributed by atoms with Gasteiger partial charge in [-0.2, -0.15) is 0 Å². The molecule has 1 aliphatic rings. The van der Waals surface area contributed by atoms with Gasteiger partial charge in [0.25, 0.3) is 5.91 Å². The maximum Gasteiger partial charge on any atom is 0.326 e. The van der Waals surface area contributed by atoms with Crippen LogP contribution in [0.3, 0.4) is 0 Å². The van der Waals surface area contributed by atoms with Crippen molar-refractivity contribution in [2.24, 2.45) is 5.92 Å². The van der Waals surface area contributed by atoms with Crippen molar-refractivity contribution in [3.05, 3.63) is 35.4 Å². The van der Waals surface area contributed by atoms with Crippen LogP contribution < -0.4 is 10.6 Å². The van der Waals surface area contributed by atoms with Crippen molar-refractivity contribution < 1.29 is 19.5 Å². The van der Waals surface area contributed by atoms with E-state index in [1.54, 1.807) is 24.3 Å². The summed E-state index contributed by atoms with van der Waals surface area (Å²) in [5.74, 6) is -1.18. The molecule has 23 heavy (non-hydrogen) atoms. The fourth-order valence-corrected chi connectivity index (χ4v) is 2.24. The first kappa shape index (κ1) is 17.0. The maximum absolute atomic E-state index is 12.1. The van der Waals surface area contributed by atoms with Crippen LogP contribution >= 0.6 is 0 Å². The summed E-state index contributed by atoms with van der Waals surface area (Å²) in [5.41, 5.74) is 1.31. The molecule has 0 radical (unpaired) electrons. The molecule has 2 amide bonds. The third kappa shape index (κ3) is 5.09. The molecule has 0 saturated heterocycles. The predicted octanol–water partition coefficient (Wildman–Crippen LogP) is 1.70. The largest absolute Gasteiger partial charge is 0.480 e. The lowest BCUT2D eigenvalue weighted by Gasteiger charge is -2.13. The van der Waals surface area contributed by atoms with Gasteiger partial charge in [-0.3, -0.25) is 9.59 Å². The van der Waals surface area contributed by atoms with Crippen molar-refractivity contribution in [3.8, 4) is 0 Å². The van der Waals surface area contributed by atoms with Gasteiger partial charge in [0.1, 0.15) is 6.04 Å². The quantitative estimate of drug-likeness (QED) is 0.680. The summed E-state index contributed by atoms with van der Waals surface area (Å²) in [7, 11) is 0. The molecule has 3 N–H and O–H groups in total. The first-order valence-corrected chi connectivity index (χ1v) is 7.91. The first-order valence-electron chi connectivity index (χ1n) is 7.91. The number of carboxylic acids is 1. The fraction of sp³-hybridized carbons (Fsp3) is 0.471. The Bertz CT molecular complexity index is 579. The molecule has 6 heteroatoms. The Morgan fingerprint density at radius 1 is 1.22 bits per heavy atom. The molecule has 0 heterocycles. The van der Waals surface area contributed by atoms with E-state index in [1.807, 2.05) is 6.92 Å². The van der Waals surface area contributed by atoms with Crippen LogP contribution in [-0.2, 0) is 16.1 Å². The average molecular weight is 318 g/mol. The van der Waals surface area contributed by atoms with Crippen molar-refractivity contribution in [3.63, 3.8) is 0 Å². The van der Waals surface area contributed by atoms with E-state index in [9.17, 15) is 14.4 Å². The second-order valence-electron chi connectivity index (χ2n) is 5.84. The minimum atomic E-state index is -1.03. The molecule has 6 nitrogen and oxygen atoms in total. The van der Waals surface area contributed by atoms with Crippen molar-refractivity contribution in [2.45, 2.75) is 45.2 Å². The van der Waals surface area contributed by atoms with Gasteiger partial charge in [-0.15, -0.1) is 0 Å². The van der Waals surface area contributed by atoms with E-state index in [0.29, 0.717) is 24.9 Å². The Balaban J connectivity index is 1.88. The number of hydrogen-bond acceptors (Lipinski definition) is 3. The third-order valence-electron chi connectivity index (χ3n) is 3.81. The Morgan fingerprint density at radius 3 is 2.39 bits per heavy atom. The zero-order valence-electron chi connectivity index (χ0n) is 13.2. The van der Waals surface area contributed by atoms with E-state index in [0.717, 1.165) is 18.4 Å². The number of amides is 2. The van der Waals surface area contributed by atoms with E-state index in [2.05, 4.69) is 10.6 Å². The van der Waals surface area contributed by atoms with E-state index in [-0.39, 0.29) is 11.8 Å². The van der Waals surface area contributed by atoms with Crippen LogP contribution in [0, 0.1) is 5.92 Å². The number of carbonyl (C=O) groups excluding carboxylic acids is 2. The lowest BCUT2D eigenvalue weighted by Crippen LogP contribution is -2.40. The number of rotatable bonds is 8. The predicted molar refractivity (Wildman–Crippen MR) is 84.8 cm³/mol. The van der Waals surface area contributed by atoms with Gasteiger partial charge >= 0.3 is 5.97 Å². The van der Waals surface area contributed by atoms with Gasteiger partial charge in [-0.1, -0.05) is 25.5 Å². The van der Waals surface area contributed by atoms with E-state index in [1.165, 1.54) is 0 Å². The minimum absolute atomic E-state index is 0.0793. The lowest BCUT2D eigenvalue weighted by atomic mass is 10.1. The SMILES string of the molecule is CCCC(NC(=O)c1ccc(CNC(=O)C2CC2)cc1)C(=O)O. The standard InChI is InChI=1S/C17H22N2O4/c1-2-3-14(17(22)23)19-16(21)13-6-4-11(5-7-13)10-18-15(20)12-8-9-12/h4-7,12,14H,2-3,8-10H2,1H3,(H,18,20)(H,19,21)(H,22,23). The van der Waals surface area contributed by atoms with E-state index in [4.69, 9.17) is 5.11 Å². The number of hydrogen-bond donors (Lipinski definition) is 3. The molecular formula is C17H22N2O4. The molecule has 2 rings (SSSR count). The van der Waals surface area contributed by atoms with Gasteiger partial charge in [0, 0.05) is 18.0 Å². The normalized spacial score (nSPS) is 14.8. The third-order valence-corrected chi connectivity index (χ3v) is 3.81. The highest BCUT2D eigenvalue weighted by molar-refractivity contribution is 5.96. The molecule has 0 spiro atoms. The summed E-state index contributed by atoms with van der Waals surface area (Å²) >= 11 is 0. The Labute approximate surface area is 135 Å². The van der Waals surface area contributed by atoms with Crippen molar-refractivity contribution in [1.29, 1.82) is 0 Å². The molecule has 0 bridgehead atoms. The number of carboxylic acid groups (broad SMARTS) is 1. The van der Waals surface area contributed by atoms with Crippen LogP contribution in [0.1, 0.15) is 48.5 Å². The highest BCUT2D eigenvalue weighted by atomic mass is 16.4. The number of nitrogens with one attached hydrogen (secondary N) is 2. The molecule has 1 aromatic carbocycles. The van der Waals surface area contributed by atoms with Crippen LogP contribution in [0.2, 0.25) is 0 Å². The molecule has 1 saturated carbocycles. The van der Waals surface area contributed by atoms with E-state index >= 15 is 0 Å². The molecule has 124 valence electrons. The van der Waals surface area contributed by atoms with Gasteiger partial charge in [0.2, 0.25) is 5.91 Å². The summed E-state index contributed by atoms with van der Waals surface area (Å²) in [5, 5.41) is 14.4. The zero-order valence-corrected chi connectivity index (χ0v) is 13.2. The van der Waals surface area contributed by atoms with Crippen molar-refractivity contribution in [2.75, 3.05) is 0 Å². The van der Waals surface area contributed by atoms with Crippen LogP contribution in [-0.4, -0.2) is 28.9 Å². The number of aliphatic carboxylic acids is 1. The van der Waals surface area contributed by atoms with Gasteiger partial charge < -0.3 is 15.7 Å². The molecule has 1 unspecified atom stereocenters. The molecule has 0 aliphatic heterocycles. The zero-order chi connectivity index (χ0) is 16.8. The minimum Gasteiger partial charge on any atom is -0.480 e. The first-order chi connectivity index (χ1) is 11.0. The summed E-state index contributed by atoms with van der Waals surface area (Å²) < 4.78 is 0. The van der Waals surface area contributed by atoms with Gasteiger partial charge in [-0.25, -0.2) is 4.79 Å². The molecule has 1 fully saturated rings. The number of carbonyl (C=O) groups is 3. The molecule has 1 atom stereocenters. The fourth-order valence-electron chi connectivity index (χ4n) is 2.24. The molecule has 0 aromatic heterocycles. The lowest BCUT2D eigenvalue weighted by molar-refractivity contribution is -0.139. The average Bonchev–Trinajstić information content (AvgIpc) is 3.37. The monoisotopic (exact) mass is 318 g/mol. The highest BCUT2D eigenvalue weighted by Gasteiger charge is 2.29. The molecule has 1 aliphatic carbocycles. The van der Waals surface area contributed by atoms with Gasteiger partial charge in [0.15, 0.2) is 0 Å². The maximum atomic E-state index is 12.1. The summed E-state index contributed by atoms with van der Waals surface area (Å²) in [6.45, 7) is 2.30. The van der Waals surface area contributed by atoms with Gasteiger partial charge in [0.05, 0.1) is 0 Å². The van der Waals surface area contributed by atoms with Crippen molar-refractivity contribution in [1.82, 2.24) is 10.6 Å². The summed E-state index contributed by atoms with van der Waals surface area (Å²) in [6, 6.07) is 5.93. The molecule has 1 aromatic rings. The van der Waals surface area contributed by atoms with Crippen LogP contribution in [0.5, 0.6) is 0 Å². The van der Waals surface area contributed by atoms with Crippen LogP contribution in [0.4, 0.5) is 0 Å². The summed E-state index contributed by atoms with van der Waals surface area (Å²) in [4.78, 5) is 34.7. The Kier molecular flexibility index (Phi) is 5.73. The second kappa shape index (κ2) is 7.76. The Hall–Kier alpha value is -2.37. The molecular weight excluding hydrogens is 296 g/mol. The smallest absolute Gasteiger partial charge is 0.326 e. The van der Waals surface area contributed by atoms with E-state index < -0.39 is 17.9 Å². The highest BCUT2D eigenvalue weighted by Crippen LogP contribution is 2.28. The number of benzene rings is 1. The van der Waals surface area contributed by atoms with Crippen molar-refractivity contribution >= 4 is 17.8 Å². The van der Waals surface area contributed by atoms with Crippen LogP contribution in [0.25, 0.3) is 0 Å². The second-order valence-corrected chi connectivity index (χ2v) is 5.84. The Morgan fingerprint density at radius 2 is 1.87 bits per heavy atom.